The summed E-state index contributed by atoms with van der Waals surface area (Å²) >= 11 is 0. The highest BCUT2D eigenvalue weighted by Crippen LogP contribution is 2.18. The molecular weight excluding hydrogens is 218 g/mol. The lowest BCUT2D eigenvalue weighted by Crippen LogP contribution is -2.06. The molecule has 0 amide bonds. The van der Waals surface area contributed by atoms with Crippen LogP contribution in [0.4, 0.5) is 0 Å². The number of hydrogen-bond acceptors (Lipinski definition) is 1. The van der Waals surface area contributed by atoms with Crippen LogP contribution in [0.5, 0.6) is 0 Å². The Labute approximate surface area is 113 Å². The molecule has 0 spiro atoms. The molecule has 1 heterocycles. The van der Waals surface area contributed by atoms with Gasteiger partial charge in [0.15, 0.2) is 0 Å². The Bertz CT molecular complexity index is 319. The van der Waals surface area contributed by atoms with Crippen molar-refractivity contribution in [2.45, 2.75) is 72.1 Å². The molecule has 1 heteroatoms. The Morgan fingerprint density at radius 2 is 1.72 bits per heavy atom. The van der Waals surface area contributed by atoms with E-state index in [9.17, 15) is 0 Å². The fourth-order valence-corrected chi connectivity index (χ4v) is 2.38. The van der Waals surface area contributed by atoms with Gasteiger partial charge < -0.3 is 0 Å². The Morgan fingerprint density at radius 3 is 2.39 bits per heavy atom. The fraction of sp³-hybridized carbons (Fsp3) is 0.706. The summed E-state index contributed by atoms with van der Waals surface area (Å²) in [5.41, 5.74) is 2.58. The van der Waals surface area contributed by atoms with Gasteiger partial charge >= 0.3 is 0 Å². The first-order valence-electron chi connectivity index (χ1n) is 7.74. The quantitative estimate of drug-likeness (QED) is 0.585. The molecule has 0 aliphatic carbocycles. The molecule has 0 aromatic carbocycles. The number of aryl methyl sites for hydroxylation is 1. The van der Waals surface area contributed by atoms with E-state index >= 15 is 0 Å². The summed E-state index contributed by atoms with van der Waals surface area (Å²) in [6.45, 7) is 6.82. The smallest absolute Gasteiger partial charge is 0.0409 e. The summed E-state index contributed by atoms with van der Waals surface area (Å²) in [5, 5.41) is 0. The van der Waals surface area contributed by atoms with Crippen LogP contribution in [0.1, 0.15) is 70.7 Å². The van der Waals surface area contributed by atoms with Crippen LogP contribution in [0.2, 0.25) is 0 Å². The highest BCUT2D eigenvalue weighted by molar-refractivity contribution is 5.12. The SMILES string of the molecule is CCCCc1cccc(CC(CC)CCCC)n1. The standard InChI is InChI=1S/C17H29N/c1-4-7-10-15(6-3)14-17-13-9-12-16(18-17)11-8-5-2/h9,12-13,15H,4-8,10-11,14H2,1-3H3. The Hall–Kier alpha value is -0.850. The van der Waals surface area contributed by atoms with E-state index in [1.807, 2.05) is 0 Å². The van der Waals surface area contributed by atoms with Crippen molar-refractivity contribution in [1.29, 1.82) is 0 Å². The van der Waals surface area contributed by atoms with Crippen molar-refractivity contribution in [2.75, 3.05) is 0 Å². The molecule has 1 nitrogen and oxygen atoms in total. The lowest BCUT2D eigenvalue weighted by molar-refractivity contribution is 0.444. The molecule has 1 aromatic heterocycles. The summed E-state index contributed by atoms with van der Waals surface area (Å²) in [6.07, 6.45) is 10.1. The second-order valence-electron chi connectivity index (χ2n) is 5.34. The molecule has 18 heavy (non-hydrogen) atoms. The van der Waals surface area contributed by atoms with E-state index in [1.54, 1.807) is 0 Å². The van der Waals surface area contributed by atoms with Gasteiger partial charge in [0, 0.05) is 11.4 Å². The van der Waals surface area contributed by atoms with Crippen LogP contribution >= 0.6 is 0 Å². The maximum absolute atomic E-state index is 4.81. The summed E-state index contributed by atoms with van der Waals surface area (Å²) in [6, 6.07) is 6.55. The summed E-state index contributed by atoms with van der Waals surface area (Å²) in [7, 11) is 0. The van der Waals surface area contributed by atoms with Crippen molar-refractivity contribution >= 4 is 0 Å². The third kappa shape index (κ3) is 5.66. The molecule has 0 fully saturated rings. The van der Waals surface area contributed by atoms with Crippen LogP contribution in [0.15, 0.2) is 18.2 Å². The molecule has 102 valence electrons. The second-order valence-corrected chi connectivity index (χ2v) is 5.34. The van der Waals surface area contributed by atoms with Crippen molar-refractivity contribution in [3.8, 4) is 0 Å². The van der Waals surface area contributed by atoms with Gasteiger partial charge in [-0.05, 0) is 37.3 Å². The number of pyridine rings is 1. The van der Waals surface area contributed by atoms with Crippen molar-refractivity contribution in [3.05, 3.63) is 29.6 Å². The summed E-state index contributed by atoms with van der Waals surface area (Å²) in [4.78, 5) is 4.81. The van der Waals surface area contributed by atoms with Gasteiger partial charge in [0.05, 0.1) is 0 Å². The Kier molecular flexibility index (Phi) is 7.71. The van der Waals surface area contributed by atoms with Gasteiger partial charge in [0.25, 0.3) is 0 Å². The minimum absolute atomic E-state index is 0.818. The molecule has 1 unspecified atom stereocenters. The van der Waals surface area contributed by atoms with Crippen molar-refractivity contribution < 1.29 is 0 Å². The molecule has 0 aliphatic heterocycles. The zero-order valence-electron chi connectivity index (χ0n) is 12.4. The predicted molar refractivity (Wildman–Crippen MR) is 79.9 cm³/mol. The largest absolute Gasteiger partial charge is 0.258 e. The van der Waals surface area contributed by atoms with Crippen molar-refractivity contribution in [1.82, 2.24) is 4.98 Å². The van der Waals surface area contributed by atoms with E-state index in [4.69, 9.17) is 4.98 Å². The second kappa shape index (κ2) is 9.13. The first kappa shape index (κ1) is 15.2. The molecule has 0 bridgehead atoms. The molecular formula is C17H29N. The van der Waals surface area contributed by atoms with Gasteiger partial charge in [-0.1, -0.05) is 58.9 Å². The highest BCUT2D eigenvalue weighted by Gasteiger charge is 2.08. The molecule has 1 aromatic rings. The molecule has 1 rings (SSSR count). The highest BCUT2D eigenvalue weighted by atomic mass is 14.7. The first-order valence-corrected chi connectivity index (χ1v) is 7.74. The van der Waals surface area contributed by atoms with Gasteiger partial charge in [-0.2, -0.15) is 0 Å². The van der Waals surface area contributed by atoms with Crippen molar-refractivity contribution in [3.63, 3.8) is 0 Å². The normalized spacial score (nSPS) is 12.6. The third-order valence-electron chi connectivity index (χ3n) is 3.69. The fourth-order valence-electron chi connectivity index (χ4n) is 2.38. The average molecular weight is 247 g/mol. The average Bonchev–Trinajstić information content (AvgIpc) is 2.41. The molecule has 1 atom stereocenters. The van der Waals surface area contributed by atoms with Crippen LogP contribution < -0.4 is 0 Å². The summed E-state index contributed by atoms with van der Waals surface area (Å²) in [5.74, 6) is 0.818. The maximum Gasteiger partial charge on any atom is 0.0409 e. The molecule has 0 saturated heterocycles. The summed E-state index contributed by atoms with van der Waals surface area (Å²) < 4.78 is 0. The van der Waals surface area contributed by atoms with E-state index < -0.39 is 0 Å². The Morgan fingerprint density at radius 1 is 1.00 bits per heavy atom. The lowest BCUT2D eigenvalue weighted by Gasteiger charge is -2.14. The van der Waals surface area contributed by atoms with E-state index in [0.29, 0.717) is 0 Å². The van der Waals surface area contributed by atoms with Gasteiger partial charge in [0.1, 0.15) is 0 Å². The first-order chi connectivity index (χ1) is 8.80. The van der Waals surface area contributed by atoms with Crippen LogP contribution in [0, 0.1) is 5.92 Å². The minimum Gasteiger partial charge on any atom is -0.258 e. The third-order valence-corrected chi connectivity index (χ3v) is 3.69. The van der Waals surface area contributed by atoms with Gasteiger partial charge in [-0.3, -0.25) is 4.98 Å². The topological polar surface area (TPSA) is 12.9 Å². The van der Waals surface area contributed by atoms with Crippen LogP contribution in [0.3, 0.4) is 0 Å². The monoisotopic (exact) mass is 247 g/mol. The maximum atomic E-state index is 4.81. The minimum atomic E-state index is 0.818. The van der Waals surface area contributed by atoms with Gasteiger partial charge in [-0.25, -0.2) is 0 Å². The van der Waals surface area contributed by atoms with Gasteiger partial charge in [0.2, 0.25) is 0 Å². The number of aromatic nitrogens is 1. The van der Waals surface area contributed by atoms with E-state index in [2.05, 4.69) is 39.0 Å². The number of hydrogen-bond donors (Lipinski definition) is 0. The van der Waals surface area contributed by atoms with Crippen LogP contribution in [0.25, 0.3) is 0 Å². The van der Waals surface area contributed by atoms with E-state index in [-0.39, 0.29) is 0 Å². The zero-order valence-corrected chi connectivity index (χ0v) is 12.4. The lowest BCUT2D eigenvalue weighted by atomic mass is 9.94. The van der Waals surface area contributed by atoms with E-state index in [1.165, 1.54) is 49.9 Å². The predicted octanol–water partition coefficient (Wildman–Crippen LogP) is 5.18. The number of nitrogens with zero attached hydrogens (tertiary/aromatic N) is 1. The van der Waals surface area contributed by atoms with Crippen LogP contribution in [-0.4, -0.2) is 4.98 Å². The molecule has 0 saturated carbocycles. The molecule has 0 N–H and O–H groups in total. The zero-order chi connectivity index (χ0) is 13.2. The number of rotatable bonds is 9. The molecule has 0 aliphatic rings. The van der Waals surface area contributed by atoms with Crippen molar-refractivity contribution in [2.24, 2.45) is 5.92 Å². The number of unbranched alkanes of at least 4 members (excludes halogenated alkanes) is 2. The van der Waals surface area contributed by atoms with Crippen LogP contribution in [-0.2, 0) is 12.8 Å². The molecule has 0 radical (unpaired) electrons. The Balaban J connectivity index is 2.53. The van der Waals surface area contributed by atoms with E-state index in [0.717, 1.165) is 18.8 Å². The van der Waals surface area contributed by atoms with Gasteiger partial charge in [-0.15, -0.1) is 0 Å².